The van der Waals surface area contributed by atoms with Gasteiger partial charge in [-0.2, -0.15) is 0 Å². The summed E-state index contributed by atoms with van der Waals surface area (Å²) >= 11 is 1.47. The minimum atomic E-state index is 0.0974. The van der Waals surface area contributed by atoms with Gasteiger partial charge in [0.25, 0.3) is 0 Å². The Morgan fingerprint density at radius 2 is 1.88 bits per heavy atom. The highest BCUT2D eigenvalue weighted by Gasteiger charge is 2.18. The zero-order valence-corrected chi connectivity index (χ0v) is 20.5. The number of ether oxygens (including phenoxy) is 3. The monoisotopic (exact) mass is 474 g/mol. The molecule has 0 bridgehead atoms. The third-order valence-corrected chi connectivity index (χ3v) is 7.11. The van der Waals surface area contributed by atoms with Gasteiger partial charge in [-0.25, -0.2) is 4.98 Å². The highest BCUT2D eigenvalue weighted by molar-refractivity contribution is 7.99. The summed E-state index contributed by atoms with van der Waals surface area (Å²) in [5, 5.41) is 1.92. The first-order chi connectivity index (χ1) is 16.4. The summed E-state index contributed by atoms with van der Waals surface area (Å²) in [6.45, 7) is 7.03. The maximum atomic E-state index is 13.1. The third kappa shape index (κ3) is 4.23. The molecule has 0 atom stereocenters. The van der Waals surface area contributed by atoms with E-state index in [1.54, 1.807) is 7.11 Å². The van der Waals surface area contributed by atoms with Gasteiger partial charge in [-0.05, 0) is 68.3 Å². The Balaban J connectivity index is 1.32. The second-order valence-electron chi connectivity index (χ2n) is 8.43. The fraction of sp³-hybridized carbons (Fsp3) is 0.259. The molecule has 0 amide bonds. The van der Waals surface area contributed by atoms with Gasteiger partial charge in [-0.3, -0.25) is 4.79 Å². The molecular weight excluding hydrogens is 448 g/mol. The Labute approximate surface area is 202 Å². The van der Waals surface area contributed by atoms with E-state index in [1.807, 2.05) is 62.4 Å². The van der Waals surface area contributed by atoms with Crippen LogP contribution in [0, 0.1) is 20.8 Å². The maximum Gasteiger partial charge on any atom is 0.231 e. The molecule has 0 unspecified atom stereocenters. The highest BCUT2D eigenvalue weighted by Crippen LogP contribution is 2.33. The van der Waals surface area contributed by atoms with Crippen molar-refractivity contribution in [1.29, 1.82) is 0 Å². The lowest BCUT2D eigenvalue weighted by Gasteiger charge is -2.11. The van der Waals surface area contributed by atoms with Crippen molar-refractivity contribution in [2.24, 2.45) is 0 Å². The van der Waals surface area contributed by atoms with E-state index < -0.39 is 0 Å². The summed E-state index contributed by atoms with van der Waals surface area (Å²) in [4.78, 5) is 17.9. The molecule has 1 aliphatic rings. The van der Waals surface area contributed by atoms with Crippen molar-refractivity contribution in [1.82, 2.24) is 9.55 Å². The van der Waals surface area contributed by atoms with Crippen LogP contribution in [0.1, 0.15) is 32.9 Å². The number of carbonyl (C=O) groups excluding carboxylic acids is 1. The van der Waals surface area contributed by atoms with Gasteiger partial charge >= 0.3 is 0 Å². The number of Topliss-reactive ketones (excluding diaryl/α,β-unsaturated/α-hetero) is 1. The van der Waals surface area contributed by atoms with Gasteiger partial charge in [0.1, 0.15) is 5.75 Å². The summed E-state index contributed by atoms with van der Waals surface area (Å²) in [6, 6.07) is 15.9. The predicted octanol–water partition coefficient (Wildman–Crippen LogP) is 5.72. The number of benzene rings is 2. The molecule has 7 heteroatoms. The number of hydrogen-bond acceptors (Lipinski definition) is 6. The largest absolute Gasteiger partial charge is 0.497 e. The molecule has 5 rings (SSSR count). The van der Waals surface area contributed by atoms with Crippen LogP contribution in [0.4, 0.5) is 0 Å². The van der Waals surface area contributed by atoms with Gasteiger partial charge < -0.3 is 18.8 Å². The van der Waals surface area contributed by atoms with E-state index in [4.69, 9.17) is 19.2 Å². The molecule has 0 spiro atoms. The lowest BCUT2D eigenvalue weighted by atomic mass is 10.1. The van der Waals surface area contributed by atoms with E-state index in [2.05, 4.69) is 11.5 Å². The quantitative estimate of drug-likeness (QED) is 0.252. The molecule has 0 N–H and O–H groups in total. The molecule has 34 heavy (non-hydrogen) atoms. The molecule has 2 aromatic heterocycles. The lowest BCUT2D eigenvalue weighted by molar-refractivity contribution is 0.102. The third-order valence-electron chi connectivity index (χ3n) is 6.20. The zero-order chi connectivity index (χ0) is 23.8. The number of methoxy groups -OCH3 is 1. The molecule has 0 fully saturated rings. The standard InChI is InChI=1S/C27H26N2O4S/c1-16-9-27(28-23-12-20(31-4)6-7-21(16)23)34-14-24(30)22-10-17(2)29(18(22)3)13-19-5-8-25-26(11-19)33-15-32-25/h5-12H,13-15H2,1-4H3. The number of pyridine rings is 1. The summed E-state index contributed by atoms with van der Waals surface area (Å²) in [5.74, 6) is 2.74. The van der Waals surface area contributed by atoms with Gasteiger partial charge in [0, 0.05) is 34.9 Å². The molecule has 6 nitrogen and oxygen atoms in total. The molecular formula is C27H26N2O4S. The molecule has 3 heterocycles. The van der Waals surface area contributed by atoms with E-state index in [9.17, 15) is 4.79 Å². The topological polar surface area (TPSA) is 62.6 Å². The Kier molecular flexibility index (Phi) is 5.96. The molecule has 2 aromatic carbocycles. The summed E-state index contributed by atoms with van der Waals surface area (Å²) in [5.41, 5.74) is 5.87. The number of ketones is 1. The van der Waals surface area contributed by atoms with Crippen molar-refractivity contribution in [3.05, 3.63) is 76.6 Å². The number of rotatable bonds is 7. The fourth-order valence-corrected chi connectivity index (χ4v) is 5.18. The van der Waals surface area contributed by atoms with E-state index in [0.717, 1.165) is 61.3 Å². The summed E-state index contributed by atoms with van der Waals surface area (Å²) in [6.07, 6.45) is 0. The van der Waals surface area contributed by atoms with Crippen LogP contribution in [0.25, 0.3) is 10.9 Å². The number of thioether (sulfide) groups is 1. The first-order valence-corrected chi connectivity index (χ1v) is 12.1. The number of hydrogen-bond donors (Lipinski definition) is 0. The Hall–Kier alpha value is -3.45. The van der Waals surface area contributed by atoms with Gasteiger partial charge in [-0.15, -0.1) is 0 Å². The molecule has 0 saturated carbocycles. The van der Waals surface area contributed by atoms with Crippen LogP contribution in [0.5, 0.6) is 17.2 Å². The minimum absolute atomic E-state index is 0.0974. The lowest BCUT2D eigenvalue weighted by Crippen LogP contribution is -2.08. The van der Waals surface area contributed by atoms with Crippen molar-refractivity contribution >= 4 is 28.4 Å². The Bertz CT molecular complexity index is 1410. The van der Waals surface area contributed by atoms with Crippen molar-refractivity contribution < 1.29 is 19.0 Å². The van der Waals surface area contributed by atoms with Crippen molar-refractivity contribution in [3.63, 3.8) is 0 Å². The van der Waals surface area contributed by atoms with Crippen molar-refractivity contribution in [2.45, 2.75) is 32.3 Å². The van der Waals surface area contributed by atoms with E-state index >= 15 is 0 Å². The van der Waals surface area contributed by atoms with E-state index in [1.165, 1.54) is 11.8 Å². The summed E-state index contributed by atoms with van der Waals surface area (Å²) < 4.78 is 18.4. The van der Waals surface area contributed by atoms with Crippen molar-refractivity contribution in [3.8, 4) is 17.2 Å². The Morgan fingerprint density at radius 1 is 1.06 bits per heavy atom. The van der Waals surface area contributed by atoms with Crippen LogP contribution >= 0.6 is 11.8 Å². The number of carbonyl (C=O) groups is 1. The van der Waals surface area contributed by atoms with Gasteiger partial charge in [0.2, 0.25) is 6.79 Å². The highest BCUT2D eigenvalue weighted by atomic mass is 32.2. The smallest absolute Gasteiger partial charge is 0.231 e. The van der Waals surface area contributed by atoms with Crippen molar-refractivity contribution in [2.75, 3.05) is 19.7 Å². The van der Waals surface area contributed by atoms with Crippen LogP contribution in [0.2, 0.25) is 0 Å². The van der Waals surface area contributed by atoms with Gasteiger partial charge in [0.05, 0.1) is 23.4 Å². The second kappa shape index (κ2) is 9.06. The first-order valence-electron chi connectivity index (χ1n) is 11.1. The number of nitrogens with zero attached hydrogens (tertiary/aromatic N) is 2. The van der Waals surface area contributed by atoms with Crippen LogP contribution in [-0.2, 0) is 6.54 Å². The average molecular weight is 475 g/mol. The Morgan fingerprint density at radius 3 is 2.71 bits per heavy atom. The molecule has 174 valence electrons. The van der Waals surface area contributed by atoms with E-state index in [0.29, 0.717) is 12.3 Å². The van der Waals surface area contributed by atoms with E-state index in [-0.39, 0.29) is 12.6 Å². The normalized spacial score (nSPS) is 12.4. The molecule has 0 saturated heterocycles. The number of aromatic nitrogens is 2. The molecule has 0 aliphatic carbocycles. The van der Waals surface area contributed by atoms with Gasteiger partial charge in [-0.1, -0.05) is 17.8 Å². The first kappa shape index (κ1) is 22.3. The molecule has 1 aliphatic heterocycles. The molecule has 4 aromatic rings. The van der Waals surface area contributed by atoms with Crippen LogP contribution in [0.3, 0.4) is 0 Å². The second-order valence-corrected chi connectivity index (χ2v) is 9.43. The van der Waals surface area contributed by atoms with Crippen LogP contribution < -0.4 is 14.2 Å². The van der Waals surface area contributed by atoms with Crippen LogP contribution in [-0.4, -0.2) is 35.0 Å². The zero-order valence-electron chi connectivity index (χ0n) is 19.7. The predicted molar refractivity (Wildman–Crippen MR) is 134 cm³/mol. The summed E-state index contributed by atoms with van der Waals surface area (Å²) in [7, 11) is 1.65. The SMILES string of the molecule is COc1ccc2c(C)cc(SCC(=O)c3cc(C)n(Cc4ccc5c(c4)OCO5)c3C)nc2c1. The number of aryl methyl sites for hydroxylation is 2. The maximum absolute atomic E-state index is 13.1. The van der Waals surface area contributed by atoms with Gasteiger partial charge in [0.15, 0.2) is 17.3 Å². The molecule has 0 radical (unpaired) electrons. The average Bonchev–Trinajstić information content (AvgIpc) is 3.41. The fourth-order valence-electron chi connectivity index (χ4n) is 4.32. The number of fused-ring (bicyclic) bond motifs is 2. The minimum Gasteiger partial charge on any atom is -0.497 e. The van der Waals surface area contributed by atoms with Crippen LogP contribution in [0.15, 0.2) is 53.6 Å².